The molecule has 20 heavy (non-hydrogen) atoms. The molecule has 1 saturated heterocycles. The number of hydrogen-bond acceptors (Lipinski definition) is 4. The molecule has 0 unspecified atom stereocenters. The van der Waals surface area contributed by atoms with Crippen LogP contribution in [0.3, 0.4) is 0 Å². The van der Waals surface area contributed by atoms with Crippen molar-refractivity contribution in [3.8, 4) is 17.6 Å². The van der Waals surface area contributed by atoms with Gasteiger partial charge in [0, 0.05) is 31.0 Å². The quantitative estimate of drug-likeness (QED) is 0.847. The number of methoxy groups -OCH3 is 1. The van der Waals surface area contributed by atoms with Crippen LogP contribution in [0.1, 0.15) is 24.3 Å². The smallest absolute Gasteiger partial charge is 0.126 e. The fourth-order valence-corrected chi connectivity index (χ4v) is 3.46. The van der Waals surface area contributed by atoms with E-state index in [2.05, 4.69) is 11.0 Å². The Bertz CT molecular complexity index is 509. The number of ether oxygens (including phenoxy) is 2. The highest BCUT2D eigenvalue weighted by molar-refractivity contribution is 5.49. The van der Waals surface area contributed by atoms with E-state index in [9.17, 15) is 0 Å². The van der Waals surface area contributed by atoms with E-state index in [4.69, 9.17) is 14.7 Å². The summed E-state index contributed by atoms with van der Waals surface area (Å²) >= 11 is 0. The Morgan fingerprint density at radius 3 is 3.20 bits per heavy atom. The van der Waals surface area contributed by atoms with Gasteiger partial charge in [0.2, 0.25) is 0 Å². The van der Waals surface area contributed by atoms with Gasteiger partial charge in [-0.2, -0.15) is 5.26 Å². The van der Waals surface area contributed by atoms with Crippen LogP contribution in [0.5, 0.6) is 11.5 Å². The Kier molecular flexibility index (Phi) is 3.79. The zero-order chi connectivity index (χ0) is 13.9. The first kappa shape index (κ1) is 13.3. The number of fused-ring (bicyclic) bond motifs is 3. The molecule has 0 aliphatic carbocycles. The second-order valence-corrected chi connectivity index (χ2v) is 5.55. The third-order valence-electron chi connectivity index (χ3n) is 4.43. The minimum absolute atomic E-state index is 0.506. The number of hydrogen-bond donors (Lipinski definition) is 0. The van der Waals surface area contributed by atoms with Crippen LogP contribution in [0.15, 0.2) is 18.2 Å². The van der Waals surface area contributed by atoms with Gasteiger partial charge in [0.1, 0.15) is 11.5 Å². The molecule has 0 radical (unpaired) electrons. The number of nitrogens with zero attached hydrogens (tertiary/aromatic N) is 2. The average molecular weight is 272 g/mol. The summed E-state index contributed by atoms with van der Waals surface area (Å²) in [6.07, 6.45) is 1.73. The molecule has 2 heterocycles. The lowest BCUT2D eigenvalue weighted by Crippen LogP contribution is -2.44. The van der Waals surface area contributed by atoms with Crippen LogP contribution in [0.4, 0.5) is 0 Å². The molecule has 2 aliphatic rings. The van der Waals surface area contributed by atoms with Crippen molar-refractivity contribution in [3.05, 3.63) is 23.8 Å². The van der Waals surface area contributed by atoms with Gasteiger partial charge in [0.05, 0.1) is 19.8 Å². The fraction of sp³-hybridized carbons (Fsp3) is 0.562. The molecule has 106 valence electrons. The van der Waals surface area contributed by atoms with Crippen molar-refractivity contribution in [1.82, 2.24) is 4.90 Å². The zero-order valence-corrected chi connectivity index (χ0v) is 11.8. The first-order chi connectivity index (χ1) is 9.83. The number of nitriles is 1. The predicted molar refractivity (Wildman–Crippen MR) is 76.0 cm³/mol. The van der Waals surface area contributed by atoms with E-state index >= 15 is 0 Å². The summed E-state index contributed by atoms with van der Waals surface area (Å²) in [7, 11) is 1.72. The molecule has 0 bridgehead atoms. The maximum Gasteiger partial charge on any atom is 0.126 e. The number of rotatable bonds is 3. The zero-order valence-electron chi connectivity index (χ0n) is 11.8. The van der Waals surface area contributed by atoms with Crippen molar-refractivity contribution in [3.63, 3.8) is 0 Å². The second-order valence-electron chi connectivity index (χ2n) is 5.55. The normalized spacial score (nSPS) is 25.0. The Balaban J connectivity index is 1.80. The van der Waals surface area contributed by atoms with Gasteiger partial charge in [0.15, 0.2) is 0 Å². The molecule has 1 aromatic carbocycles. The summed E-state index contributed by atoms with van der Waals surface area (Å²) in [5, 5.41) is 8.71. The summed E-state index contributed by atoms with van der Waals surface area (Å²) in [5.74, 6) is 2.96. The number of benzene rings is 1. The maximum atomic E-state index is 8.71. The van der Waals surface area contributed by atoms with Crippen LogP contribution in [0.25, 0.3) is 0 Å². The maximum absolute atomic E-state index is 8.71. The third-order valence-corrected chi connectivity index (χ3v) is 4.43. The van der Waals surface area contributed by atoms with Crippen molar-refractivity contribution in [2.75, 3.05) is 33.4 Å². The van der Waals surface area contributed by atoms with Gasteiger partial charge in [-0.05, 0) is 31.0 Å². The summed E-state index contributed by atoms with van der Waals surface area (Å²) in [6, 6.07) is 8.27. The Morgan fingerprint density at radius 2 is 2.40 bits per heavy atom. The van der Waals surface area contributed by atoms with E-state index < -0.39 is 0 Å². The molecule has 0 amide bonds. The predicted octanol–water partition coefficient (Wildman–Crippen LogP) is 2.41. The molecule has 0 spiro atoms. The van der Waals surface area contributed by atoms with E-state index in [1.54, 1.807) is 7.11 Å². The second kappa shape index (κ2) is 5.72. The first-order valence-corrected chi connectivity index (χ1v) is 7.22. The van der Waals surface area contributed by atoms with Gasteiger partial charge in [-0.25, -0.2) is 0 Å². The summed E-state index contributed by atoms with van der Waals surface area (Å²) < 4.78 is 11.4. The molecule has 0 saturated carbocycles. The lowest BCUT2D eigenvalue weighted by molar-refractivity contribution is 0.0929. The van der Waals surface area contributed by atoms with Crippen LogP contribution in [0.2, 0.25) is 0 Å². The van der Waals surface area contributed by atoms with Gasteiger partial charge in [-0.3, -0.25) is 0 Å². The molecular weight excluding hydrogens is 252 g/mol. The topological polar surface area (TPSA) is 45.5 Å². The van der Waals surface area contributed by atoms with Crippen LogP contribution < -0.4 is 9.47 Å². The molecule has 0 aromatic heterocycles. The van der Waals surface area contributed by atoms with E-state index in [1.807, 2.05) is 18.2 Å². The minimum Gasteiger partial charge on any atom is -0.496 e. The highest BCUT2D eigenvalue weighted by Crippen LogP contribution is 2.46. The monoisotopic (exact) mass is 272 g/mol. The minimum atomic E-state index is 0.506. The van der Waals surface area contributed by atoms with Crippen LogP contribution in [-0.2, 0) is 0 Å². The van der Waals surface area contributed by atoms with Gasteiger partial charge in [0.25, 0.3) is 0 Å². The Hall–Kier alpha value is -1.73. The van der Waals surface area contributed by atoms with E-state index in [0.717, 1.165) is 44.2 Å². The molecule has 4 nitrogen and oxygen atoms in total. The van der Waals surface area contributed by atoms with Gasteiger partial charge < -0.3 is 14.4 Å². The molecule has 1 fully saturated rings. The van der Waals surface area contributed by atoms with Crippen molar-refractivity contribution < 1.29 is 9.47 Å². The lowest BCUT2D eigenvalue weighted by atomic mass is 9.78. The molecule has 2 aliphatic heterocycles. The molecular formula is C16H20N2O2. The highest BCUT2D eigenvalue weighted by atomic mass is 16.5. The first-order valence-electron chi connectivity index (χ1n) is 7.22. The largest absolute Gasteiger partial charge is 0.496 e. The number of piperidine rings is 1. The average Bonchev–Trinajstić information content (AvgIpc) is 2.51. The molecule has 0 N–H and O–H groups in total. The van der Waals surface area contributed by atoms with Gasteiger partial charge >= 0.3 is 0 Å². The van der Waals surface area contributed by atoms with Gasteiger partial charge in [-0.15, -0.1) is 0 Å². The van der Waals surface area contributed by atoms with E-state index in [-0.39, 0.29) is 0 Å². The van der Waals surface area contributed by atoms with Crippen LogP contribution >= 0.6 is 0 Å². The van der Waals surface area contributed by atoms with E-state index in [1.165, 1.54) is 5.56 Å². The van der Waals surface area contributed by atoms with Crippen molar-refractivity contribution in [2.24, 2.45) is 5.92 Å². The van der Waals surface area contributed by atoms with E-state index in [0.29, 0.717) is 18.3 Å². The lowest BCUT2D eigenvalue weighted by Gasteiger charge is -2.42. The molecule has 3 rings (SSSR count). The summed E-state index contributed by atoms with van der Waals surface area (Å²) in [5.41, 5.74) is 1.24. The summed E-state index contributed by atoms with van der Waals surface area (Å²) in [6.45, 7) is 3.72. The van der Waals surface area contributed by atoms with Crippen molar-refractivity contribution in [1.29, 1.82) is 5.26 Å². The molecule has 1 aromatic rings. The Labute approximate surface area is 119 Å². The fourth-order valence-electron chi connectivity index (χ4n) is 3.46. The highest BCUT2D eigenvalue weighted by Gasteiger charge is 2.37. The Morgan fingerprint density at radius 1 is 1.50 bits per heavy atom. The number of likely N-dealkylation sites (tertiary alicyclic amines) is 1. The summed E-state index contributed by atoms with van der Waals surface area (Å²) in [4.78, 5) is 2.38. The van der Waals surface area contributed by atoms with Crippen molar-refractivity contribution in [2.45, 2.75) is 18.8 Å². The SMILES string of the molecule is COc1cccc2c1[C@H]1CCN(CCC#N)C[C@@H]1CO2. The third kappa shape index (κ3) is 2.34. The van der Waals surface area contributed by atoms with Crippen LogP contribution in [0, 0.1) is 17.2 Å². The van der Waals surface area contributed by atoms with Crippen molar-refractivity contribution >= 4 is 0 Å². The van der Waals surface area contributed by atoms with Crippen LogP contribution in [-0.4, -0.2) is 38.3 Å². The molecule has 2 atom stereocenters. The van der Waals surface area contributed by atoms with Gasteiger partial charge in [-0.1, -0.05) is 6.07 Å². The standard InChI is InChI=1S/C16H20N2O2/c1-19-14-4-2-5-15-16(14)13-6-9-18(8-3-7-17)10-12(13)11-20-15/h2,4-5,12-13H,3,6,8-11H2,1H3/t12-,13+/m1/s1. The molecule has 4 heteroatoms.